The van der Waals surface area contributed by atoms with Gasteiger partial charge in [0.1, 0.15) is 11.3 Å². The number of benzene rings is 1. The standard InChI is InChI=1S/C19H27N3O7S/c1-18(2,3)29-17(23)21-16(12-28-19(21,4)5)15-10-11-20(15)30(26,27)14-8-6-13(7-9-14)22(24)25/h6-9,15-16H,10-12H2,1-5H3/t15-,16-/m0/s1. The Morgan fingerprint density at radius 3 is 2.30 bits per heavy atom. The van der Waals surface area contributed by atoms with Crippen LogP contribution in [-0.4, -0.2) is 65.2 Å². The summed E-state index contributed by atoms with van der Waals surface area (Å²) in [5, 5.41) is 10.8. The van der Waals surface area contributed by atoms with E-state index in [9.17, 15) is 23.3 Å². The van der Waals surface area contributed by atoms with Crippen molar-refractivity contribution < 1.29 is 27.6 Å². The first-order valence-corrected chi connectivity index (χ1v) is 11.1. The molecule has 2 atom stereocenters. The summed E-state index contributed by atoms with van der Waals surface area (Å²) in [6.45, 7) is 9.25. The lowest BCUT2D eigenvalue weighted by atomic mass is 9.97. The van der Waals surface area contributed by atoms with E-state index < -0.39 is 44.4 Å². The summed E-state index contributed by atoms with van der Waals surface area (Å²) in [5.41, 5.74) is -1.83. The van der Waals surface area contributed by atoms with Gasteiger partial charge in [-0.05, 0) is 53.2 Å². The van der Waals surface area contributed by atoms with Gasteiger partial charge in [-0.2, -0.15) is 4.31 Å². The van der Waals surface area contributed by atoms with Gasteiger partial charge in [0.15, 0.2) is 0 Å². The molecule has 0 unspecified atom stereocenters. The molecule has 30 heavy (non-hydrogen) atoms. The Balaban J connectivity index is 1.85. The van der Waals surface area contributed by atoms with E-state index in [-0.39, 0.29) is 17.2 Å². The van der Waals surface area contributed by atoms with Gasteiger partial charge in [0, 0.05) is 24.7 Å². The fourth-order valence-corrected chi connectivity index (χ4v) is 5.42. The van der Waals surface area contributed by atoms with Gasteiger partial charge in [0.05, 0.1) is 22.5 Å². The Morgan fingerprint density at radius 2 is 1.83 bits per heavy atom. The number of rotatable bonds is 4. The third kappa shape index (κ3) is 4.14. The first-order valence-electron chi connectivity index (χ1n) is 9.66. The molecule has 2 fully saturated rings. The first-order chi connectivity index (χ1) is 13.7. The van der Waals surface area contributed by atoms with Crippen LogP contribution in [0, 0.1) is 10.1 Å². The van der Waals surface area contributed by atoms with Gasteiger partial charge in [0.25, 0.3) is 5.69 Å². The predicted octanol–water partition coefficient (Wildman–Crippen LogP) is 2.73. The molecule has 0 bridgehead atoms. The lowest BCUT2D eigenvalue weighted by Crippen LogP contribution is -2.63. The summed E-state index contributed by atoms with van der Waals surface area (Å²) in [6.07, 6.45) is 0.00452. The molecule has 166 valence electrons. The number of ether oxygens (including phenoxy) is 2. The van der Waals surface area contributed by atoms with Crippen LogP contribution in [0.2, 0.25) is 0 Å². The molecule has 1 aromatic carbocycles. The van der Waals surface area contributed by atoms with Crippen LogP contribution in [0.15, 0.2) is 29.2 Å². The largest absolute Gasteiger partial charge is 0.444 e. The van der Waals surface area contributed by atoms with Gasteiger partial charge < -0.3 is 9.47 Å². The van der Waals surface area contributed by atoms with Gasteiger partial charge in [-0.3, -0.25) is 15.0 Å². The maximum Gasteiger partial charge on any atom is 0.412 e. The Bertz CT molecular complexity index is 938. The smallest absolute Gasteiger partial charge is 0.412 e. The average molecular weight is 442 g/mol. The molecule has 0 spiro atoms. The van der Waals surface area contributed by atoms with E-state index in [1.165, 1.54) is 21.3 Å². The number of non-ortho nitro benzene ring substituents is 1. The van der Waals surface area contributed by atoms with Crippen molar-refractivity contribution in [3.63, 3.8) is 0 Å². The fraction of sp³-hybridized carbons (Fsp3) is 0.632. The SMILES string of the molecule is CC(C)(C)OC(=O)N1[C@H]([C@@H]2CCN2S(=O)(=O)c2ccc([N+](=O)[O-])cc2)COC1(C)C. The van der Waals surface area contributed by atoms with Crippen molar-refractivity contribution in [2.75, 3.05) is 13.2 Å². The van der Waals surface area contributed by atoms with E-state index in [1.54, 1.807) is 34.6 Å². The second kappa shape index (κ2) is 7.47. The van der Waals surface area contributed by atoms with Gasteiger partial charge in [-0.1, -0.05) is 0 Å². The molecule has 3 rings (SSSR count). The number of carbonyl (C=O) groups excluding carboxylic acids is 1. The molecule has 11 heteroatoms. The molecule has 2 aliphatic heterocycles. The highest BCUT2D eigenvalue weighted by atomic mass is 32.2. The topological polar surface area (TPSA) is 119 Å². The molecule has 2 aliphatic rings. The maximum atomic E-state index is 13.1. The molecule has 0 radical (unpaired) electrons. The highest BCUT2D eigenvalue weighted by Crippen LogP contribution is 2.38. The minimum Gasteiger partial charge on any atom is -0.444 e. The molecule has 0 aromatic heterocycles. The summed E-state index contributed by atoms with van der Waals surface area (Å²) >= 11 is 0. The molecule has 2 heterocycles. The van der Waals surface area contributed by atoms with Gasteiger partial charge >= 0.3 is 6.09 Å². The minimum atomic E-state index is -3.88. The molecule has 2 saturated heterocycles. The molecular weight excluding hydrogens is 414 g/mol. The Labute approximate surface area is 175 Å². The monoisotopic (exact) mass is 441 g/mol. The summed E-state index contributed by atoms with van der Waals surface area (Å²) in [5.74, 6) is 0. The molecule has 0 aliphatic carbocycles. The summed E-state index contributed by atoms with van der Waals surface area (Å²) in [6, 6.07) is 3.80. The van der Waals surface area contributed by atoms with E-state index in [2.05, 4.69) is 0 Å². The van der Waals surface area contributed by atoms with Crippen molar-refractivity contribution in [2.45, 2.75) is 69.3 Å². The second-order valence-corrected chi connectivity index (χ2v) is 10.8. The van der Waals surface area contributed by atoms with Crippen LogP contribution in [0.4, 0.5) is 10.5 Å². The van der Waals surface area contributed by atoms with Gasteiger partial charge in [-0.15, -0.1) is 0 Å². The normalized spacial score (nSPS) is 24.4. The molecule has 1 amide bonds. The van der Waals surface area contributed by atoms with Crippen LogP contribution >= 0.6 is 0 Å². The predicted molar refractivity (Wildman–Crippen MR) is 107 cm³/mol. The molecule has 0 N–H and O–H groups in total. The van der Waals surface area contributed by atoms with Gasteiger partial charge in [0.2, 0.25) is 10.0 Å². The van der Waals surface area contributed by atoms with E-state index >= 15 is 0 Å². The van der Waals surface area contributed by atoms with Crippen LogP contribution in [0.1, 0.15) is 41.0 Å². The van der Waals surface area contributed by atoms with Gasteiger partial charge in [-0.25, -0.2) is 13.2 Å². The summed E-state index contributed by atoms with van der Waals surface area (Å²) in [7, 11) is -3.88. The van der Waals surface area contributed by atoms with E-state index in [0.717, 1.165) is 12.1 Å². The Morgan fingerprint density at radius 1 is 1.23 bits per heavy atom. The quantitative estimate of drug-likeness (QED) is 0.520. The average Bonchev–Trinajstić information content (AvgIpc) is 2.87. The van der Waals surface area contributed by atoms with Crippen molar-refractivity contribution in [2.24, 2.45) is 0 Å². The van der Waals surface area contributed by atoms with E-state index in [4.69, 9.17) is 9.47 Å². The Kier molecular flexibility index (Phi) is 5.59. The third-order valence-electron chi connectivity index (χ3n) is 5.22. The van der Waals surface area contributed by atoms with Crippen molar-refractivity contribution in [3.8, 4) is 0 Å². The lowest BCUT2D eigenvalue weighted by Gasteiger charge is -2.46. The number of hydrogen-bond acceptors (Lipinski definition) is 7. The second-order valence-electron chi connectivity index (χ2n) is 8.90. The third-order valence-corrected chi connectivity index (χ3v) is 7.16. The molecule has 1 aromatic rings. The number of sulfonamides is 1. The summed E-state index contributed by atoms with van der Waals surface area (Å²) < 4.78 is 38.9. The van der Waals surface area contributed by atoms with Crippen molar-refractivity contribution in [1.29, 1.82) is 0 Å². The lowest BCUT2D eigenvalue weighted by molar-refractivity contribution is -0.384. The summed E-state index contributed by atoms with van der Waals surface area (Å²) in [4.78, 5) is 24.5. The van der Waals surface area contributed by atoms with E-state index in [1.807, 2.05) is 0 Å². The van der Waals surface area contributed by atoms with Crippen molar-refractivity contribution >= 4 is 21.8 Å². The fourth-order valence-electron chi connectivity index (χ4n) is 3.72. The van der Waals surface area contributed by atoms with Crippen molar-refractivity contribution in [1.82, 2.24) is 9.21 Å². The zero-order chi connectivity index (χ0) is 22.5. The van der Waals surface area contributed by atoms with Crippen LogP contribution in [0.3, 0.4) is 0 Å². The van der Waals surface area contributed by atoms with Crippen molar-refractivity contribution in [3.05, 3.63) is 34.4 Å². The number of nitro benzene ring substituents is 1. The van der Waals surface area contributed by atoms with Crippen LogP contribution in [0.25, 0.3) is 0 Å². The minimum absolute atomic E-state index is 0.0280. The maximum absolute atomic E-state index is 13.1. The molecular formula is C19H27N3O7S. The first kappa shape index (κ1) is 22.4. The highest BCUT2D eigenvalue weighted by molar-refractivity contribution is 7.89. The number of nitrogens with zero attached hydrogens (tertiary/aromatic N) is 3. The Hall–Kier alpha value is -2.24. The number of hydrogen-bond donors (Lipinski definition) is 0. The molecule has 10 nitrogen and oxygen atoms in total. The molecule has 0 saturated carbocycles. The van der Waals surface area contributed by atoms with E-state index in [0.29, 0.717) is 13.0 Å². The number of nitro groups is 1. The number of amides is 1. The van der Waals surface area contributed by atoms with Crippen LogP contribution in [0.5, 0.6) is 0 Å². The zero-order valence-electron chi connectivity index (χ0n) is 17.7. The van der Waals surface area contributed by atoms with Crippen LogP contribution in [-0.2, 0) is 19.5 Å². The zero-order valence-corrected chi connectivity index (χ0v) is 18.5. The number of carbonyl (C=O) groups is 1. The van der Waals surface area contributed by atoms with Crippen LogP contribution < -0.4 is 0 Å². The highest BCUT2D eigenvalue weighted by Gasteiger charge is 2.54.